The van der Waals surface area contributed by atoms with Gasteiger partial charge in [-0.3, -0.25) is 0 Å². The van der Waals surface area contributed by atoms with Crippen LogP contribution in [0, 0.1) is 0 Å². The molecule has 0 amide bonds. The molecule has 0 radical (unpaired) electrons. The molecule has 0 atom stereocenters. The molecular formula is C11H14F3N3S. The number of hydrogen-bond acceptors (Lipinski definition) is 4. The minimum Gasteiger partial charge on any atom is -0.360 e. The third-order valence-corrected chi connectivity index (χ3v) is 3.46. The summed E-state index contributed by atoms with van der Waals surface area (Å²) in [6.45, 7) is 0.609. The van der Waals surface area contributed by atoms with Crippen molar-refractivity contribution in [2.24, 2.45) is 0 Å². The van der Waals surface area contributed by atoms with Crippen molar-refractivity contribution in [3.63, 3.8) is 0 Å². The van der Waals surface area contributed by atoms with Crippen molar-refractivity contribution in [2.45, 2.75) is 38.3 Å². The van der Waals surface area contributed by atoms with Crippen LogP contribution in [0.1, 0.15) is 37.9 Å². The van der Waals surface area contributed by atoms with Crippen molar-refractivity contribution in [1.29, 1.82) is 0 Å². The molecule has 3 nitrogen and oxygen atoms in total. The molecule has 1 aliphatic carbocycles. The van der Waals surface area contributed by atoms with Crippen LogP contribution in [0.5, 0.6) is 0 Å². The van der Waals surface area contributed by atoms with Gasteiger partial charge in [-0.25, -0.2) is 0 Å². The van der Waals surface area contributed by atoms with Crippen molar-refractivity contribution in [2.75, 3.05) is 11.9 Å². The van der Waals surface area contributed by atoms with Crippen LogP contribution in [0.2, 0.25) is 0 Å². The summed E-state index contributed by atoms with van der Waals surface area (Å²) in [6, 6.07) is 0. The highest BCUT2D eigenvalue weighted by molar-refractivity contribution is 7.09. The van der Waals surface area contributed by atoms with Crippen molar-refractivity contribution >= 4 is 16.7 Å². The molecule has 1 aromatic rings. The van der Waals surface area contributed by atoms with Crippen molar-refractivity contribution in [3.05, 3.63) is 17.5 Å². The minimum atomic E-state index is -4.46. The number of halogens is 3. The van der Waals surface area contributed by atoms with E-state index in [-0.39, 0.29) is 5.13 Å². The average molecular weight is 277 g/mol. The van der Waals surface area contributed by atoms with Crippen LogP contribution in [0.25, 0.3) is 0 Å². The second kappa shape index (κ2) is 5.69. The molecule has 0 spiro atoms. The van der Waals surface area contributed by atoms with Gasteiger partial charge >= 0.3 is 6.18 Å². The van der Waals surface area contributed by atoms with Crippen LogP contribution in [0.3, 0.4) is 0 Å². The zero-order valence-corrected chi connectivity index (χ0v) is 10.6. The number of anilines is 1. The van der Waals surface area contributed by atoms with E-state index in [4.69, 9.17) is 0 Å². The van der Waals surface area contributed by atoms with Crippen LogP contribution in [-0.4, -0.2) is 15.9 Å². The highest BCUT2D eigenvalue weighted by Crippen LogP contribution is 2.29. The van der Waals surface area contributed by atoms with Gasteiger partial charge in [-0.05, 0) is 32.1 Å². The van der Waals surface area contributed by atoms with Crippen molar-refractivity contribution in [1.82, 2.24) is 9.36 Å². The number of allylic oxidation sites excluding steroid dienone is 1. The van der Waals surface area contributed by atoms with Crippen LogP contribution >= 0.6 is 11.5 Å². The molecule has 1 aliphatic rings. The number of hydrogen-bond donors (Lipinski definition) is 1. The molecule has 0 unspecified atom stereocenters. The summed E-state index contributed by atoms with van der Waals surface area (Å²) in [5, 5.41) is 3.12. The molecule has 0 saturated heterocycles. The molecule has 1 N–H and O–H groups in total. The molecule has 1 heterocycles. The lowest BCUT2D eigenvalue weighted by Crippen LogP contribution is -2.08. The lowest BCUT2D eigenvalue weighted by Gasteiger charge is -2.12. The fourth-order valence-electron chi connectivity index (χ4n) is 1.87. The molecule has 0 aliphatic heterocycles. The van der Waals surface area contributed by atoms with Crippen molar-refractivity contribution < 1.29 is 13.2 Å². The van der Waals surface area contributed by atoms with E-state index in [0.29, 0.717) is 6.54 Å². The summed E-state index contributed by atoms with van der Waals surface area (Å²) in [5.41, 5.74) is 1.38. The summed E-state index contributed by atoms with van der Waals surface area (Å²) < 4.78 is 40.1. The van der Waals surface area contributed by atoms with Gasteiger partial charge in [0.25, 0.3) is 0 Å². The van der Waals surface area contributed by atoms with Gasteiger partial charge in [-0.15, -0.1) is 0 Å². The van der Waals surface area contributed by atoms with Gasteiger partial charge in [-0.1, -0.05) is 11.6 Å². The van der Waals surface area contributed by atoms with Gasteiger partial charge < -0.3 is 5.32 Å². The van der Waals surface area contributed by atoms with E-state index in [0.717, 1.165) is 30.8 Å². The summed E-state index contributed by atoms with van der Waals surface area (Å²) >= 11 is 0.751. The molecule has 7 heteroatoms. The molecule has 100 valence electrons. The highest BCUT2D eigenvalue weighted by atomic mass is 32.1. The SMILES string of the molecule is FC(F)(F)c1nsc(NCCC2=CCCCC2)n1. The normalized spacial score (nSPS) is 16.5. The minimum absolute atomic E-state index is 0.235. The van der Waals surface area contributed by atoms with Crippen LogP contribution in [0.4, 0.5) is 18.3 Å². The summed E-state index contributed by atoms with van der Waals surface area (Å²) in [5.74, 6) is -1.06. The van der Waals surface area contributed by atoms with Gasteiger partial charge in [0.15, 0.2) is 0 Å². The van der Waals surface area contributed by atoms with Gasteiger partial charge in [-0.2, -0.15) is 22.5 Å². The second-order valence-electron chi connectivity index (χ2n) is 4.21. The van der Waals surface area contributed by atoms with Crippen LogP contribution in [0.15, 0.2) is 11.6 Å². The first-order valence-corrected chi connectivity index (χ1v) is 6.66. The molecule has 0 bridgehead atoms. The third-order valence-electron chi connectivity index (χ3n) is 2.79. The standard InChI is InChI=1S/C11H14F3N3S/c12-11(13,14)9-16-10(18-17-9)15-7-6-8-4-2-1-3-5-8/h4H,1-3,5-7H2,(H,15,16,17). The smallest absolute Gasteiger partial charge is 0.360 e. The summed E-state index contributed by atoms with van der Waals surface area (Å²) in [7, 11) is 0. The fraction of sp³-hybridized carbons (Fsp3) is 0.636. The Hall–Kier alpha value is -1.11. The number of nitrogens with zero attached hydrogens (tertiary/aromatic N) is 2. The Morgan fingerprint density at radius 1 is 1.33 bits per heavy atom. The predicted molar refractivity (Wildman–Crippen MR) is 64.6 cm³/mol. The molecular weight excluding hydrogens is 263 g/mol. The third kappa shape index (κ3) is 3.69. The average Bonchev–Trinajstić information content (AvgIpc) is 2.79. The first-order chi connectivity index (χ1) is 8.55. The van der Waals surface area contributed by atoms with Gasteiger partial charge in [0, 0.05) is 18.1 Å². The molecule has 1 aromatic heterocycles. The number of alkyl halides is 3. The van der Waals surface area contributed by atoms with Crippen LogP contribution in [-0.2, 0) is 6.18 Å². The van der Waals surface area contributed by atoms with E-state index in [1.54, 1.807) is 0 Å². The van der Waals surface area contributed by atoms with E-state index in [1.165, 1.54) is 18.4 Å². The van der Waals surface area contributed by atoms with Crippen molar-refractivity contribution in [3.8, 4) is 0 Å². The highest BCUT2D eigenvalue weighted by Gasteiger charge is 2.36. The Kier molecular flexibility index (Phi) is 4.21. The lowest BCUT2D eigenvalue weighted by molar-refractivity contribution is -0.144. The lowest BCUT2D eigenvalue weighted by atomic mass is 9.97. The molecule has 0 fully saturated rings. The van der Waals surface area contributed by atoms with E-state index >= 15 is 0 Å². The maximum atomic E-state index is 12.3. The number of aromatic nitrogens is 2. The first-order valence-electron chi connectivity index (χ1n) is 5.88. The Bertz CT molecular complexity index is 425. The predicted octanol–water partition coefficient (Wildman–Crippen LogP) is 3.86. The largest absolute Gasteiger partial charge is 0.452 e. The molecule has 2 rings (SSSR count). The Morgan fingerprint density at radius 3 is 2.78 bits per heavy atom. The van der Waals surface area contributed by atoms with Gasteiger partial charge in [0.2, 0.25) is 11.0 Å². The number of rotatable bonds is 4. The maximum absolute atomic E-state index is 12.3. The zero-order chi connectivity index (χ0) is 13.0. The van der Waals surface area contributed by atoms with Crippen LogP contribution < -0.4 is 5.32 Å². The monoisotopic (exact) mass is 277 g/mol. The fourth-order valence-corrected chi connectivity index (χ4v) is 2.48. The Balaban J connectivity index is 1.80. The molecule has 0 saturated carbocycles. The molecule has 18 heavy (non-hydrogen) atoms. The Labute approximate surface area is 107 Å². The Morgan fingerprint density at radius 2 is 2.17 bits per heavy atom. The van der Waals surface area contributed by atoms with Gasteiger partial charge in [0.05, 0.1) is 0 Å². The maximum Gasteiger partial charge on any atom is 0.452 e. The summed E-state index contributed by atoms with van der Waals surface area (Å²) in [4.78, 5) is 3.42. The quantitative estimate of drug-likeness (QED) is 0.849. The number of nitrogens with one attached hydrogen (secondary N) is 1. The topological polar surface area (TPSA) is 37.8 Å². The zero-order valence-electron chi connectivity index (χ0n) is 9.76. The first kappa shape index (κ1) is 13.3. The molecule has 0 aromatic carbocycles. The van der Waals surface area contributed by atoms with Gasteiger partial charge in [0.1, 0.15) is 0 Å². The van der Waals surface area contributed by atoms with E-state index in [1.807, 2.05) is 0 Å². The van der Waals surface area contributed by atoms with E-state index < -0.39 is 12.0 Å². The van der Waals surface area contributed by atoms with E-state index in [9.17, 15) is 13.2 Å². The summed E-state index contributed by atoms with van der Waals surface area (Å²) in [6.07, 6.45) is 3.30. The second-order valence-corrected chi connectivity index (χ2v) is 4.96. The van der Waals surface area contributed by atoms with E-state index in [2.05, 4.69) is 20.8 Å².